The molecule has 6 nitrogen and oxygen atoms in total. The van der Waals surface area contributed by atoms with E-state index in [2.05, 4.69) is 4.98 Å². The maximum atomic E-state index is 13.6. The van der Waals surface area contributed by atoms with E-state index in [0.29, 0.717) is 32.2 Å². The zero-order valence-electron chi connectivity index (χ0n) is 18.0. The lowest BCUT2D eigenvalue weighted by atomic mass is 9.91. The number of aromatic nitrogens is 1. The Kier molecular flexibility index (Phi) is 5.98. The first-order valence-corrected chi connectivity index (χ1v) is 12.4. The second-order valence-corrected chi connectivity index (χ2v) is 9.70. The summed E-state index contributed by atoms with van der Waals surface area (Å²) >= 11 is 0. The van der Waals surface area contributed by atoms with Crippen LogP contribution in [0.1, 0.15) is 22.9 Å². The van der Waals surface area contributed by atoms with Gasteiger partial charge < -0.3 is 14.1 Å². The van der Waals surface area contributed by atoms with Crippen molar-refractivity contribution in [3.8, 4) is 0 Å². The van der Waals surface area contributed by atoms with Crippen molar-refractivity contribution in [2.75, 3.05) is 31.2 Å². The smallest absolute Gasteiger partial charge is 0.236 e. The number of oxazole rings is 1. The minimum atomic E-state index is -3.88. The standard InChI is InChI=1S/C26H24N2O4S/c29-33(30,22-14-8-3-9-15-22)25-26(28-16-18-31-19-17-28)32-24(27-25)23(20-10-4-1-5-11-20)21-12-6-2-7-13-21/h1-15,23H,16-19H2. The number of nitrogens with zero attached hydrogens (tertiary/aromatic N) is 2. The normalized spacial score (nSPS) is 14.5. The Balaban J connectivity index is 1.69. The molecule has 0 bridgehead atoms. The molecule has 0 amide bonds. The number of rotatable bonds is 6. The summed E-state index contributed by atoms with van der Waals surface area (Å²) in [7, 11) is -3.88. The number of hydrogen-bond acceptors (Lipinski definition) is 6. The summed E-state index contributed by atoms with van der Waals surface area (Å²) in [6.07, 6.45) is 0. The van der Waals surface area contributed by atoms with Crippen molar-refractivity contribution in [1.82, 2.24) is 4.98 Å². The summed E-state index contributed by atoms with van der Waals surface area (Å²) < 4.78 is 39.0. The lowest BCUT2D eigenvalue weighted by Crippen LogP contribution is -2.36. The molecule has 1 aromatic heterocycles. The molecule has 1 saturated heterocycles. The Morgan fingerprint density at radius 1 is 0.758 bits per heavy atom. The van der Waals surface area contributed by atoms with Gasteiger partial charge in [-0.1, -0.05) is 78.9 Å². The van der Waals surface area contributed by atoms with Crippen molar-refractivity contribution >= 4 is 15.7 Å². The zero-order valence-corrected chi connectivity index (χ0v) is 18.8. The number of sulfone groups is 1. The number of hydrogen-bond donors (Lipinski definition) is 0. The van der Waals surface area contributed by atoms with Crippen LogP contribution in [0.15, 0.2) is 105 Å². The Morgan fingerprint density at radius 2 is 1.27 bits per heavy atom. The monoisotopic (exact) mass is 460 g/mol. The molecule has 0 N–H and O–H groups in total. The molecule has 0 aliphatic carbocycles. The lowest BCUT2D eigenvalue weighted by Gasteiger charge is -2.26. The van der Waals surface area contributed by atoms with Gasteiger partial charge in [0.1, 0.15) is 0 Å². The highest BCUT2D eigenvalue weighted by Crippen LogP contribution is 2.38. The Bertz CT molecular complexity index is 1260. The van der Waals surface area contributed by atoms with Crippen molar-refractivity contribution in [2.24, 2.45) is 0 Å². The van der Waals surface area contributed by atoms with Gasteiger partial charge in [0.15, 0.2) is 0 Å². The van der Waals surface area contributed by atoms with E-state index in [0.717, 1.165) is 11.1 Å². The van der Waals surface area contributed by atoms with Crippen LogP contribution in [0.25, 0.3) is 0 Å². The summed E-state index contributed by atoms with van der Waals surface area (Å²) in [4.78, 5) is 6.75. The molecule has 0 radical (unpaired) electrons. The molecule has 0 saturated carbocycles. The average molecular weight is 461 g/mol. The molecule has 2 heterocycles. The maximum Gasteiger partial charge on any atom is 0.236 e. The topological polar surface area (TPSA) is 72.6 Å². The molecule has 5 rings (SSSR count). The fourth-order valence-corrected chi connectivity index (χ4v) is 5.41. The number of anilines is 1. The van der Waals surface area contributed by atoms with Crippen molar-refractivity contribution in [3.05, 3.63) is 108 Å². The first-order chi connectivity index (χ1) is 16.1. The highest BCUT2D eigenvalue weighted by molar-refractivity contribution is 7.91. The quantitative estimate of drug-likeness (QED) is 0.421. The van der Waals surface area contributed by atoms with Crippen molar-refractivity contribution < 1.29 is 17.6 Å². The van der Waals surface area contributed by atoms with Crippen LogP contribution in [0.5, 0.6) is 0 Å². The summed E-state index contributed by atoms with van der Waals surface area (Å²) in [5.41, 5.74) is 1.95. The minimum Gasteiger partial charge on any atom is -0.423 e. The molecule has 4 aromatic rings. The second-order valence-electron chi connectivity index (χ2n) is 7.83. The molecule has 168 valence electrons. The van der Waals surface area contributed by atoms with Crippen LogP contribution < -0.4 is 4.90 Å². The summed E-state index contributed by atoms with van der Waals surface area (Å²) in [6.45, 7) is 2.07. The molecule has 33 heavy (non-hydrogen) atoms. The SMILES string of the molecule is O=S(=O)(c1ccccc1)c1nc(C(c2ccccc2)c2ccccc2)oc1N1CCOCC1. The van der Waals surface area contributed by atoms with E-state index in [1.807, 2.05) is 65.6 Å². The predicted octanol–water partition coefficient (Wildman–Crippen LogP) is 4.52. The first-order valence-electron chi connectivity index (χ1n) is 10.9. The van der Waals surface area contributed by atoms with E-state index < -0.39 is 9.84 Å². The minimum absolute atomic E-state index is 0.0533. The van der Waals surface area contributed by atoms with Crippen LogP contribution in [0.2, 0.25) is 0 Å². The molecule has 0 spiro atoms. The maximum absolute atomic E-state index is 13.6. The van der Waals surface area contributed by atoms with Gasteiger partial charge in [0.2, 0.25) is 26.6 Å². The van der Waals surface area contributed by atoms with E-state index in [1.165, 1.54) is 0 Å². The van der Waals surface area contributed by atoms with Crippen LogP contribution in [-0.2, 0) is 14.6 Å². The van der Waals surface area contributed by atoms with Crippen LogP contribution in [0.3, 0.4) is 0 Å². The van der Waals surface area contributed by atoms with E-state index in [-0.39, 0.29) is 21.7 Å². The average Bonchev–Trinajstić information content (AvgIpc) is 3.32. The van der Waals surface area contributed by atoms with Crippen LogP contribution in [0, 0.1) is 0 Å². The molecular formula is C26H24N2O4S. The van der Waals surface area contributed by atoms with E-state index in [1.54, 1.807) is 30.3 Å². The van der Waals surface area contributed by atoms with Crippen molar-refractivity contribution in [2.45, 2.75) is 15.8 Å². The predicted molar refractivity (Wildman–Crippen MR) is 125 cm³/mol. The summed E-state index contributed by atoms with van der Waals surface area (Å²) in [5, 5.41) is -0.0533. The van der Waals surface area contributed by atoms with Gasteiger partial charge in [0.05, 0.1) is 24.0 Å². The number of morpholine rings is 1. The Labute approximate surface area is 193 Å². The number of benzene rings is 3. The third-order valence-corrected chi connectivity index (χ3v) is 7.38. The molecule has 7 heteroatoms. The van der Waals surface area contributed by atoms with Gasteiger partial charge in [-0.05, 0) is 23.3 Å². The molecule has 3 aromatic carbocycles. The third-order valence-electron chi connectivity index (χ3n) is 5.72. The van der Waals surface area contributed by atoms with E-state index >= 15 is 0 Å². The summed E-state index contributed by atoms with van der Waals surface area (Å²) in [5.74, 6) is 0.282. The Morgan fingerprint density at radius 3 is 1.82 bits per heavy atom. The number of ether oxygens (including phenoxy) is 1. The zero-order chi connectivity index (χ0) is 22.7. The highest BCUT2D eigenvalue weighted by atomic mass is 32.2. The second kappa shape index (κ2) is 9.21. The highest BCUT2D eigenvalue weighted by Gasteiger charge is 2.34. The van der Waals surface area contributed by atoms with Crippen LogP contribution in [-0.4, -0.2) is 39.7 Å². The van der Waals surface area contributed by atoms with Gasteiger partial charge in [0.25, 0.3) is 0 Å². The largest absolute Gasteiger partial charge is 0.423 e. The molecule has 1 aliphatic rings. The first kappa shape index (κ1) is 21.4. The molecule has 0 unspecified atom stereocenters. The van der Waals surface area contributed by atoms with Gasteiger partial charge in [0, 0.05) is 13.1 Å². The molecule has 1 aliphatic heterocycles. The van der Waals surface area contributed by atoms with Crippen LogP contribution >= 0.6 is 0 Å². The van der Waals surface area contributed by atoms with E-state index in [9.17, 15) is 8.42 Å². The van der Waals surface area contributed by atoms with Crippen molar-refractivity contribution in [1.29, 1.82) is 0 Å². The van der Waals surface area contributed by atoms with Gasteiger partial charge in [-0.25, -0.2) is 8.42 Å². The van der Waals surface area contributed by atoms with Crippen molar-refractivity contribution in [3.63, 3.8) is 0 Å². The fourth-order valence-electron chi connectivity index (χ4n) is 4.06. The fraction of sp³-hybridized carbons (Fsp3) is 0.192. The van der Waals surface area contributed by atoms with E-state index in [4.69, 9.17) is 9.15 Å². The van der Waals surface area contributed by atoms with Gasteiger partial charge in [-0.15, -0.1) is 0 Å². The van der Waals surface area contributed by atoms with Crippen LogP contribution in [0.4, 0.5) is 5.88 Å². The van der Waals surface area contributed by atoms with Gasteiger partial charge in [-0.2, -0.15) is 4.98 Å². The third kappa shape index (κ3) is 4.29. The molecular weight excluding hydrogens is 436 g/mol. The lowest BCUT2D eigenvalue weighted by molar-refractivity contribution is 0.120. The van der Waals surface area contributed by atoms with Gasteiger partial charge >= 0.3 is 0 Å². The summed E-state index contributed by atoms with van der Waals surface area (Å²) in [6, 6.07) is 28.1. The Hall–Kier alpha value is -3.42. The molecule has 0 atom stereocenters. The molecule has 1 fully saturated rings. The van der Waals surface area contributed by atoms with Gasteiger partial charge in [-0.3, -0.25) is 0 Å².